The van der Waals surface area contributed by atoms with E-state index in [1.165, 1.54) is 31.2 Å². The molecule has 18 heavy (non-hydrogen) atoms. The molecular formula is C15H21NOS. The van der Waals surface area contributed by atoms with Crippen molar-refractivity contribution >= 4 is 17.2 Å². The summed E-state index contributed by atoms with van der Waals surface area (Å²) in [5.74, 6) is 0.806. The lowest BCUT2D eigenvalue weighted by Gasteiger charge is -2.26. The molecule has 0 aromatic heterocycles. The molecule has 98 valence electrons. The van der Waals surface area contributed by atoms with Crippen molar-refractivity contribution in [3.8, 4) is 0 Å². The van der Waals surface area contributed by atoms with Crippen molar-refractivity contribution in [2.24, 2.45) is 11.7 Å². The van der Waals surface area contributed by atoms with Gasteiger partial charge in [-0.2, -0.15) is 0 Å². The van der Waals surface area contributed by atoms with Crippen LogP contribution in [-0.4, -0.2) is 11.1 Å². The Morgan fingerprint density at radius 3 is 2.67 bits per heavy atom. The summed E-state index contributed by atoms with van der Waals surface area (Å²) in [6, 6.07) is 8.01. The van der Waals surface area contributed by atoms with E-state index in [0.29, 0.717) is 17.7 Å². The van der Waals surface area contributed by atoms with Crippen molar-refractivity contribution in [2.75, 3.05) is 0 Å². The molecule has 3 heteroatoms. The molecule has 0 amide bonds. The summed E-state index contributed by atoms with van der Waals surface area (Å²) in [7, 11) is 0. The molecule has 1 aliphatic carbocycles. The van der Waals surface area contributed by atoms with Crippen LogP contribution in [0.5, 0.6) is 0 Å². The Kier molecular flexibility index (Phi) is 4.72. The third kappa shape index (κ3) is 3.79. The quantitative estimate of drug-likeness (QED) is 0.845. The highest BCUT2D eigenvalue weighted by Gasteiger charge is 2.19. The summed E-state index contributed by atoms with van der Waals surface area (Å²) in [5, 5.41) is 0. The highest BCUT2D eigenvalue weighted by Crippen LogP contribution is 2.26. The normalized spacial score (nSPS) is 23.8. The molecule has 2 nitrogen and oxygen atoms in total. The Morgan fingerprint density at radius 1 is 1.33 bits per heavy atom. The first-order valence-electron chi connectivity index (χ1n) is 6.65. The Balaban J connectivity index is 1.84. The molecule has 2 atom stereocenters. The summed E-state index contributed by atoms with van der Waals surface area (Å²) in [5.41, 5.74) is 7.68. The molecule has 0 heterocycles. The Bertz CT molecular complexity index is 401. The van der Waals surface area contributed by atoms with E-state index < -0.39 is 0 Å². The van der Waals surface area contributed by atoms with Gasteiger partial charge in [-0.15, -0.1) is 0 Å². The fourth-order valence-corrected chi connectivity index (χ4v) is 2.65. The SMILES string of the molecule is CC1CCCC(OCc2ccc(C(N)=S)cc2)C1. The second-order valence-corrected chi connectivity index (χ2v) is 5.71. The van der Waals surface area contributed by atoms with Gasteiger partial charge < -0.3 is 10.5 Å². The fourth-order valence-electron chi connectivity index (χ4n) is 2.51. The number of benzene rings is 1. The topological polar surface area (TPSA) is 35.2 Å². The summed E-state index contributed by atoms with van der Waals surface area (Å²) in [4.78, 5) is 0.448. The van der Waals surface area contributed by atoms with Gasteiger partial charge in [-0.05, 0) is 24.3 Å². The van der Waals surface area contributed by atoms with Crippen LogP contribution in [0.1, 0.15) is 43.7 Å². The molecule has 2 rings (SSSR count). The van der Waals surface area contributed by atoms with Crippen LogP contribution in [-0.2, 0) is 11.3 Å². The van der Waals surface area contributed by atoms with Crippen molar-refractivity contribution < 1.29 is 4.74 Å². The molecule has 0 aliphatic heterocycles. The van der Waals surface area contributed by atoms with E-state index in [-0.39, 0.29) is 0 Å². The summed E-state index contributed by atoms with van der Waals surface area (Å²) in [6.07, 6.45) is 5.48. The van der Waals surface area contributed by atoms with Crippen LogP contribution in [0.2, 0.25) is 0 Å². The molecule has 0 saturated heterocycles. The van der Waals surface area contributed by atoms with Gasteiger partial charge in [0.2, 0.25) is 0 Å². The van der Waals surface area contributed by atoms with Gasteiger partial charge in [0.05, 0.1) is 12.7 Å². The minimum Gasteiger partial charge on any atom is -0.389 e. The van der Waals surface area contributed by atoms with Crippen molar-refractivity contribution in [1.29, 1.82) is 0 Å². The van der Waals surface area contributed by atoms with E-state index in [1.807, 2.05) is 24.3 Å². The molecule has 1 aliphatic rings. The third-order valence-corrected chi connectivity index (χ3v) is 3.85. The molecule has 1 aromatic carbocycles. The monoisotopic (exact) mass is 263 g/mol. The summed E-state index contributed by atoms with van der Waals surface area (Å²) < 4.78 is 5.98. The Labute approximate surface area is 115 Å². The van der Waals surface area contributed by atoms with Crippen LogP contribution < -0.4 is 5.73 Å². The van der Waals surface area contributed by atoms with Gasteiger partial charge >= 0.3 is 0 Å². The minimum atomic E-state index is 0.434. The maximum absolute atomic E-state index is 5.98. The van der Waals surface area contributed by atoms with Crippen molar-refractivity contribution in [3.05, 3.63) is 35.4 Å². The number of rotatable bonds is 4. The molecule has 0 radical (unpaired) electrons. The first-order valence-corrected chi connectivity index (χ1v) is 7.06. The van der Waals surface area contributed by atoms with E-state index >= 15 is 0 Å². The highest BCUT2D eigenvalue weighted by molar-refractivity contribution is 7.80. The van der Waals surface area contributed by atoms with E-state index in [9.17, 15) is 0 Å². The maximum atomic E-state index is 5.98. The lowest BCUT2D eigenvalue weighted by Crippen LogP contribution is -2.21. The molecule has 0 spiro atoms. The van der Waals surface area contributed by atoms with Crippen LogP contribution in [0.15, 0.2) is 24.3 Å². The zero-order chi connectivity index (χ0) is 13.0. The van der Waals surface area contributed by atoms with Gasteiger partial charge in [0.1, 0.15) is 4.99 Å². The minimum absolute atomic E-state index is 0.434. The lowest BCUT2D eigenvalue weighted by atomic mass is 9.89. The average molecular weight is 263 g/mol. The van der Waals surface area contributed by atoms with E-state index in [0.717, 1.165) is 11.5 Å². The summed E-state index contributed by atoms with van der Waals surface area (Å²) in [6.45, 7) is 3.00. The van der Waals surface area contributed by atoms with Crippen LogP contribution in [0.4, 0.5) is 0 Å². The largest absolute Gasteiger partial charge is 0.389 e. The predicted molar refractivity (Wildman–Crippen MR) is 78.5 cm³/mol. The summed E-state index contributed by atoms with van der Waals surface area (Å²) >= 11 is 4.93. The standard InChI is InChI=1S/C15H21NOS/c1-11-3-2-4-14(9-11)17-10-12-5-7-13(8-6-12)15(16)18/h5-8,11,14H,2-4,9-10H2,1H3,(H2,16,18). The van der Waals surface area contributed by atoms with Crippen LogP contribution in [0.25, 0.3) is 0 Å². The van der Waals surface area contributed by atoms with Crippen molar-refractivity contribution in [1.82, 2.24) is 0 Å². The van der Waals surface area contributed by atoms with Crippen LogP contribution >= 0.6 is 12.2 Å². The Morgan fingerprint density at radius 2 is 2.06 bits per heavy atom. The number of ether oxygens (including phenoxy) is 1. The second kappa shape index (κ2) is 6.30. The maximum Gasteiger partial charge on any atom is 0.103 e. The van der Waals surface area contributed by atoms with Crippen molar-refractivity contribution in [3.63, 3.8) is 0 Å². The number of nitrogens with two attached hydrogens (primary N) is 1. The lowest BCUT2D eigenvalue weighted by molar-refractivity contribution is 0.00467. The first-order chi connectivity index (χ1) is 8.65. The average Bonchev–Trinajstić information content (AvgIpc) is 2.37. The number of hydrogen-bond acceptors (Lipinski definition) is 2. The van der Waals surface area contributed by atoms with Gasteiger partial charge in [-0.25, -0.2) is 0 Å². The number of thiocarbonyl (C=S) groups is 1. The highest BCUT2D eigenvalue weighted by atomic mass is 32.1. The van der Waals surface area contributed by atoms with Gasteiger partial charge in [0, 0.05) is 5.56 Å². The molecule has 0 bridgehead atoms. The second-order valence-electron chi connectivity index (χ2n) is 5.27. The fraction of sp³-hybridized carbons (Fsp3) is 0.533. The van der Waals surface area contributed by atoms with Crippen LogP contribution in [0.3, 0.4) is 0 Å². The molecule has 2 unspecified atom stereocenters. The van der Waals surface area contributed by atoms with Gasteiger partial charge in [0.15, 0.2) is 0 Å². The number of hydrogen-bond donors (Lipinski definition) is 1. The van der Waals surface area contributed by atoms with Gasteiger partial charge in [-0.3, -0.25) is 0 Å². The predicted octanol–water partition coefficient (Wildman–Crippen LogP) is 3.42. The zero-order valence-corrected chi connectivity index (χ0v) is 11.7. The van der Waals surface area contributed by atoms with Gasteiger partial charge in [-0.1, -0.05) is 56.2 Å². The van der Waals surface area contributed by atoms with Crippen molar-refractivity contribution in [2.45, 2.75) is 45.3 Å². The van der Waals surface area contributed by atoms with Crippen LogP contribution in [0, 0.1) is 5.92 Å². The smallest absolute Gasteiger partial charge is 0.103 e. The molecule has 1 aromatic rings. The van der Waals surface area contributed by atoms with E-state index in [2.05, 4.69) is 6.92 Å². The molecule has 1 saturated carbocycles. The third-order valence-electron chi connectivity index (χ3n) is 3.61. The molecule has 1 fully saturated rings. The van der Waals surface area contributed by atoms with E-state index in [1.54, 1.807) is 0 Å². The Hall–Kier alpha value is -0.930. The van der Waals surface area contributed by atoms with Gasteiger partial charge in [0.25, 0.3) is 0 Å². The molecule has 2 N–H and O–H groups in total. The van der Waals surface area contributed by atoms with E-state index in [4.69, 9.17) is 22.7 Å². The first kappa shape index (κ1) is 13.5. The molecular weight excluding hydrogens is 242 g/mol. The zero-order valence-electron chi connectivity index (χ0n) is 10.9.